The maximum Gasteiger partial charge on any atom is 0.252 e. The molecular formula is C22H18FN3OS. The third kappa shape index (κ3) is 2.34. The molecular weight excluding hydrogens is 373 g/mol. The number of H-pyrrole nitrogens is 1. The quantitative estimate of drug-likeness (QED) is 0.543. The molecule has 1 aromatic heterocycles. The predicted octanol–water partition coefficient (Wildman–Crippen LogP) is 3.94. The monoisotopic (exact) mass is 391 g/mol. The summed E-state index contributed by atoms with van der Waals surface area (Å²) in [6.07, 6.45) is 2.27. The second-order valence-electron chi connectivity index (χ2n) is 7.16. The molecule has 1 fully saturated rings. The highest BCUT2D eigenvalue weighted by atomic mass is 32.1. The number of fused-ring (bicyclic) bond motifs is 4. The Bertz CT molecular complexity index is 1120. The number of halogens is 1. The number of carbonyl (C=O) groups is 1. The van der Waals surface area contributed by atoms with Gasteiger partial charge in [-0.1, -0.05) is 36.4 Å². The lowest BCUT2D eigenvalue weighted by atomic mass is 9.89. The summed E-state index contributed by atoms with van der Waals surface area (Å²) in [6, 6.07) is 13.9. The summed E-state index contributed by atoms with van der Waals surface area (Å²) < 4.78 is 13.6. The number of hydrogen-bond acceptors (Lipinski definition) is 2. The van der Waals surface area contributed by atoms with Gasteiger partial charge in [0.25, 0.3) is 5.91 Å². The van der Waals surface area contributed by atoms with E-state index < -0.39 is 0 Å². The molecule has 3 aromatic rings. The van der Waals surface area contributed by atoms with Crippen LogP contribution >= 0.6 is 12.2 Å². The second-order valence-corrected chi connectivity index (χ2v) is 7.53. The zero-order valence-electron chi connectivity index (χ0n) is 15.1. The topological polar surface area (TPSA) is 39.3 Å². The van der Waals surface area contributed by atoms with Crippen LogP contribution in [0, 0.1) is 5.82 Å². The highest BCUT2D eigenvalue weighted by Crippen LogP contribution is 2.43. The van der Waals surface area contributed by atoms with Crippen LogP contribution in [0.4, 0.5) is 4.39 Å². The lowest BCUT2D eigenvalue weighted by Crippen LogP contribution is -2.44. The highest BCUT2D eigenvalue weighted by molar-refractivity contribution is 7.80. The summed E-state index contributed by atoms with van der Waals surface area (Å²) in [6.45, 7) is 4.13. The molecule has 140 valence electrons. The number of para-hydroxylation sites is 1. The van der Waals surface area contributed by atoms with Gasteiger partial charge in [-0.25, -0.2) is 4.39 Å². The molecule has 2 aromatic carbocycles. The van der Waals surface area contributed by atoms with Gasteiger partial charge in [0.2, 0.25) is 0 Å². The van der Waals surface area contributed by atoms with E-state index in [0.717, 1.165) is 27.7 Å². The Hall–Kier alpha value is -2.99. The van der Waals surface area contributed by atoms with Crippen LogP contribution in [0.3, 0.4) is 0 Å². The van der Waals surface area contributed by atoms with Crippen LogP contribution in [0.25, 0.3) is 10.9 Å². The van der Waals surface area contributed by atoms with Gasteiger partial charge in [0, 0.05) is 29.6 Å². The number of rotatable bonds is 3. The van der Waals surface area contributed by atoms with Crippen molar-refractivity contribution in [1.29, 1.82) is 0 Å². The molecule has 0 bridgehead atoms. The molecule has 1 amide bonds. The molecule has 5 rings (SSSR count). The minimum absolute atomic E-state index is 0.00653. The van der Waals surface area contributed by atoms with Gasteiger partial charge in [-0.3, -0.25) is 9.69 Å². The van der Waals surface area contributed by atoms with E-state index in [9.17, 15) is 9.18 Å². The van der Waals surface area contributed by atoms with E-state index in [-0.39, 0.29) is 23.8 Å². The average Bonchev–Trinajstić information content (AvgIpc) is 3.19. The maximum absolute atomic E-state index is 13.6. The van der Waals surface area contributed by atoms with E-state index in [4.69, 9.17) is 12.2 Å². The zero-order valence-corrected chi connectivity index (χ0v) is 15.9. The summed E-state index contributed by atoms with van der Waals surface area (Å²) in [5.41, 5.74) is 4.07. The summed E-state index contributed by atoms with van der Waals surface area (Å²) in [5, 5.41) is 1.61. The van der Waals surface area contributed by atoms with Crippen LogP contribution in [0.2, 0.25) is 0 Å². The van der Waals surface area contributed by atoms with Gasteiger partial charge in [-0.15, -0.1) is 6.58 Å². The molecule has 4 nitrogen and oxygen atoms in total. The third-order valence-corrected chi connectivity index (χ3v) is 6.06. The van der Waals surface area contributed by atoms with Crippen LogP contribution < -0.4 is 0 Å². The minimum atomic E-state index is -0.366. The lowest BCUT2D eigenvalue weighted by Gasteiger charge is -2.37. The maximum atomic E-state index is 13.6. The molecule has 0 aliphatic carbocycles. The van der Waals surface area contributed by atoms with Crippen LogP contribution in [-0.4, -0.2) is 38.4 Å². The number of hydrogen-bond donors (Lipinski definition) is 1. The van der Waals surface area contributed by atoms with Gasteiger partial charge >= 0.3 is 0 Å². The fourth-order valence-electron chi connectivity index (χ4n) is 4.42. The molecule has 0 radical (unpaired) electrons. The molecule has 2 aliphatic rings. The lowest BCUT2D eigenvalue weighted by molar-refractivity contribution is -0.128. The number of carbonyl (C=O) groups excluding carboxylic acids is 1. The Balaban J connectivity index is 1.73. The molecule has 2 unspecified atom stereocenters. The van der Waals surface area contributed by atoms with Gasteiger partial charge in [0.05, 0.1) is 6.04 Å². The number of thiocarbonyl (C=S) groups is 1. The van der Waals surface area contributed by atoms with E-state index >= 15 is 0 Å². The highest BCUT2D eigenvalue weighted by Gasteiger charge is 2.50. The van der Waals surface area contributed by atoms with Crippen molar-refractivity contribution in [2.45, 2.75) is 18.5 Å². The predicted molar refractivity (Wildman–Crippen MR) is 110 cm³/mol. The first-order valence-electron chi connectivity index (χ1n) is 9.19. The van der Waals surface area contributed by atoms with Crippen LogP contribution in [-0.2, 0) is 11.2 Å². The number of benzene rings is 2. The standard InChI is InChI=1S/C22H18FN3OS/c1-2-11-25-21(27)18-12-16-15-5-3-4-6-17(15)24-19(16)20(26(18)22(25)28)13-7-9-14(23)10-8-13/h2-10,18,20,24H,1,11-12H2. The fraction of sp³-hybridized carbons (Fsp3) is 0.182. The number of aromatic amines is 1. The van der Waals surface area contributed by atoms with Gasteiger partial charge in [-0.05, 0) is 41.5 Å². The Morgan fingerprint density at radius 2 is 1.96 bits per heavy atom. The van der Waals surface area contributed by atoms with Crippen molar-refractivity contribution in [1.82, 2.24) is 14.8 Å². The molecule has 2 aliphatic heterocycles. The zero-order chi connectivity index (χ0) is 19.4. The smallest absolute Gasteiger partial charge is 0.252 e. The SMILES string of the molecule is C=CCN1C(=O)C2Cc3c([nH]c4ccccc34)C(c3ccc(F)cc3)N2C1=S. The van der Waals surface area contributed by atoms with Gasteiger partial charge < -0.3 is 9.88 Å². The third-order valence-electron chi connectivity index (χ3n) is 5.63. The van der Waals surface area contributed by atoms with E-state index in [2.05, 4.69) is 17.6 Å². The summed E-state index contributed by atoms with van der Waals surface area (Å²) in [4.78, 5) is 20.2. The van der Waals surface area contributed by atoms with E-state index in [1.54, 1.807) is 23.1 Å². The number of nitrogens with zero attached hydrogens (tertiary/aromatic N) is 2. The Kier molecular flexibility index (Phi) is 3.84. The number of amides is 1. The first-order valence-corrected chi connectivity index (χ1v) is 9.60. The molecule has 28 heavy (non-hydrogen) atoms. The van der Waals surface area contributed by atoms with Crippen molar-refractivity contribution < 1.29 is 9.18 Å². The van der Waals surface area contributed by atoms with Crippen LogP contribution in [0.15, 0.2) is 61.2 Å². The van der Waals surface area contributed by atoms with Crippen molar-refractivity contribution in [3.63, 3.8) is 0 Å². The molecule has 1 N–H and O–H groups in total. The Labute approximate surface area is 167 Å². The summed E-state index contributed by atoms with van der Waals surface area (Å²) >= 11 is 5.69. The first kappa shape index (κ1) is 17.1. The molecule has 2 atom stereocenters. The van der Waals surface area contributed by atoms with Crippen LogP contribution in [0.5, 0.6) is 0 Å². The largest absolute Gasteiger partial charge is 0.356 e. The van der Waals surface area contributed by atoms with E-state index in [0.29, 0.717) is 18.1 Å². The van der Waals surface area contributed by atoms with Crippen molar-refractivity contribution in [3.05, 3.63) is 83.8 Å². The van der Waals surface area contributed by atoms with Crippen molar-refractivity contribution >= 4 is 34.1 Å². The Morgan fingerprint density at radius 3 is 2.71 bits per heavy atom. The second kappa shape index (κ2) is 6.27. The van der Waals surface area contributed by atoms with Crippen molar-refractivity contribution in [2.24, 2.45) is 0 Å². The Morgan fingerprint density at radius 1 is 1.21 bits per heavy atom. The molecule has 1 saturated heterocycles. The molecule has 0 saturated carbocycles. The number of aromatic nitrogens is 1. The summed E-state index contributed by atoms with van der Waals surface area (Å²) in [5.74, 6) is -0.297. The van der Waals surface area contributed by atoms with Crippen molar-refractivity contribution in [3.8, 4) is 0 Å². The van der Waals surface area contributed by atoms with Crippen LogP contribution in [0.1, 0.15) is 22.9 Å². The van der Waals surface area contributed by atoms with Gasteiger partial charge in [-0.2, -0.15) is 0 Å². The van der Waals surface area contributed by atoms with E-state index in [1.165, 1.54) is 12.1 Å². The minimum Gasteiger partial charge on any atom is -0.356 e. The fourth-order valence-corrected chi connectivity index (χ4v) is 4.82. The first-order chi connectivity index (χ1) is 13.6. The average molecular weight is 391 g/mol. The van der Waals surface area contributed by atoms with Crippen molar-refractivity contribution in [2.75, 3.05) is 6.54 Å². The molecule has 0 spiro atoms. The van der Waals surface area contributed by atoms with E-state index in [1.807, 2.05) is 23.1 Å². The van der Waals surface area contributed by atoms with Gasteiger partial charge in [0.1, 0.15) is 11.9 Å². The molecule has 6 heteroatoms. The normalized spacial score (nSPS) is 21.2. The summed E-state index contributed by atoms with van der Waals surface area (Å²) in [7, 11) is 0. The van der Waals surface area contributed by atoms with Gasteiger partial charge in [0.15, 0.2) is 5.11 Å². The molecule has 3 heterocycles. The number of nitrogens with one attached hydrogen (secondary N) is 1.